The maximum Gasteiger partial charge on any atom is 0.0637 e. The average molecular weight is 298 g/mol. The Morgan fingerprint density at radius 1 is 1.00 bits per heavy atom. The van der Waals surface area contributed by atoms with Crippen molar-refractivity contribution in [1.29, 1.82) is 0 Å². The van der Waals surface area contributed by atoms with Crippen LogP contribution in [0.2, 0.25) is 0 Å². The minimum Gasteiger partial charge on any atom is -0.399 e. The molecule has 0 saturated heterocycles. The van der Waals surface area contributed by atoms with Crippen molar-refractivity contribution in [2.45, 2.75) is 64.3 Å². The zero-order valence-electron chi connectivity index (χ0n) is 14.8. The van der Waals surface area contributed by atoms with Crippen LogP contribution in [-0.2, 0) is 16.4 Å². The fourth-order valence-corrected chi connectivity index (χ4v) is 3.24. The lowest BCUT2D eigenvalue weighted by atomic mass is 9.69. The van der Waals surface area contributed by atoms with Gasteiger partial charge >= 0.3 is 0 Å². The summed E-state index contributed by atoms with van der Waals surface area (Å²) in [5.41, 5.74) is 17.0. The van der Waals surface area contributed by atoms with E-state index in [2.05, 4.69) is 65.8 Å². The molecule has 0 aliphatic heterocycles. The summed E-state index contributed by atoms with van der Waals surface area (Å²) in [6.45, 7) is 13.6. The molecular formula is C20H30N2. The van der Waals surface area contributed by atoms with Gasteiger partial charge in [-0.05, 0) is 40.0 Å². The SMILES string of the molecule is CC(C)(C)c1cccc(C2(N)C=CC(N)=CC2)c1C(C)(C)C. The van der Waals surface area contributed by atoms with Crippen LogP contribution >= 0.6 is 0 Å². The van der Waals surface area contributed by atoms with E-state index in [1.54, 1.807) is 0 Å². The van der Waals surface area contributed by atoms with Gasteiger partial charge in [-0.3, -0.25) is 0 Å². The maximum absolute atomic E-state index is 6.77. The number of rotatable bonds is 1. The summed E-state index contributed by atoms with van der Waals surface area (Å²) >= 11 is 0. The van der Waals surface area contributed by atoms with E-state index < -0.39 is 5.54 Å². The highest BCUT2D eigenvalue weighted by Crippen LogP contribution is 2.41. The number of nitrogens with two attached hydrogens (primary N) is 2. The lowest BCUT2D eigenvalue weighted by Crippen LogP contribution is -2.39. The van der Waals surface area contributed by atoms with Crippen LogP contribution in [0.5, 0.6) is 0 Å². The van der Waals surface area contributed by atoms with E-state index in [0.29, 0.717) is 0 Å². The molecular weight excluding hydrogens is 268 g/mol. The van der Waals surface area contributed by atoms with Gasteiger partial charge in [0.25, 0.3) is 0 Å². The molecule has 1 unspecified atom stereocenters. The predicted octanol–water partition coefficient (Wildman–Crippen LogP) is 4.24. The first kappa shape index (κ1) is 16.8. The highest BCUT2D eigenvalue weighted by Gasteiger charge is 2.34. The van der Waals surface area contributed by atoms with Crippen molar-refractivity contribution in [1.82, 2.24) is 0 Å². The molecule has 0 bridgehead atoms. The van der Waals surface area contributed by atoms with Crippen LogP contribution in [-0.4, -0.2) is 0 Å². The molecule has 0 heterocycles. The van der Waals surface area contributed by atoms with Gasteiger partial charge in [-0.2, -0.15) is 0 Å². The van der Waals surface area contributed by atoms with Crippen LogP contribution in [0.25, 0.3) is 0 Å². The molecule has 2 heteroatoms. The van der Waals surface area contributed by atoms with E-state index in [9.17, 15) is 0 Å². The first-order chi connectivity index (χ1) is 9.95. The van der Waals surface area contributed by atoms with Crippen LogP contribution in [0, 0.1) is 0 Å². The van der Waals surface area contributed by atoms with Gasteiger partial charge in [0.2, 0.25) is 0 Å². The second-order valence-corrected chi connectivity index (χ2v) is 8.51. The molecule has 2 nitrogen and oxygen atoms in total. The summed E-state index contributed by atoms with van der Waals surface area (Å²) in [7, 11) is 0. The van der Waals surface area contributed by atoms with Crippen molar-refractivity contribution in [2.75, 3.05) is 0 Å². The lowest BCUT2D eigenvalue weighted by Gasteiger charge is -2.38. The van der Waals surface area contributed by atoms with E-state index in [1.807, 2.05) is 12.2 Å². The first-order valence-electron chi connectivity index (χ1n) is 8.03. The highest BCUT2D eigenvalue weighted by molar-refractivity contribution is 5.50. The zero-order chi connectivity index (χ0) is 16.8. The number of benzene rings is 1. The zero-order valence-corrected chi connectivity index (χ0v) is 14.8. The molecule has 22 heavy (non-hydrogen) atoms. The third-order valence-corrected chi connectivity index (χ3v) is 4.37. The molecule has 1 aromatic rings. The minimum atomic E-state index is -0.479. The molecule has 120 valence electrons. The molecule has 0 spiro atoms. The molecule has 2 rings (SSSR count). The van der Waals surface area contributed by atoms with E-state index in [1.165, 1.54) is 16.7 Å². The average Bonchev–Trinajstić information content (AvgIpc) is 2.39. The third-order valence-electron chi connectivity index (χ3n) is 4.37. The fraction of sp³-hybridized carbons (Fsp3) is 0.500. The Hall–Kier alpha value is -1.54. The molecule has 1 aliphatic carbocycles. The molecule has 1 aliphatic rings. The van der Waals surface area contributed by atoms with Crippen LogP contribution in [0.15, 0.2) is 42.1 Å². The van der Waals surface area contributed by atoms with Crippen LogP contribution in [0.3, 0.4) is 0 Å². The summed E-state index contributed by atoms with van der Waals surface area (Å²) in [4.78, 5) is 0. The standard InChI is InChI=1S/C20H30N2/c1-18(2,3)15-8-7-9-16(17(15)19(4,5)6)20(22)12-10-14(21)11-13-20/h7-12H,13,21-22H2,1-6H3. The molecule has 4 N–H and O–H groups in total. The fourth-order valence-electron chi connectivity index (χ4n) is 3.24. The Morgan fingerprint density at radius 3 is 2.09 bits per heavy atom. The summed E-state index contributed by atoms with van der Waals surface area (Å²) in [5.74, 6) is 0. The van der Waals surface area contributed by atoms with E-state index >= 15 is 0 Å². The number of hydrogen-bond donors (Lipinski definition) is 2. The first-order valence-corrected chi connectivity index (χ1v) is 8.03. The quantitative estimate of drug-likeness (QED) is 0.815. The molecule has 0 amide bonds. The molecule has 0 radical (unpaired) electrons. The van der Waals surface area contributed by atoms with E-state index in [4.69, 9.17) is 11.5 Å². The third kappa shape index (κ3) is 3.12. The van der Waals surface area contributed by atoms with Crippen molar-refractivity contribution in [2.24, 2.45) is 11.5 Å². The lowest BCUT2D eigenvalue weighted by molar-refractivity contribution is 0.491. The Balaban J connectivity index is 2.70. The Bertz CT molecular complexity index is 624. The Labute approximate surface area is 135 Å². The van der Waals surface area contributed by atoms with Crippen LogP contribution in [0.1, 0.15) is 64.7 Å². The Morgan fingerprint density at radius 2 is 1.64 bits per heavy atom. The second kappa shape index (κ2) is 5.27. The smallest absolute Gasteiger partial charge is 0.0637 e. The van der Waals surface area contributed by atoms with Gasteiger partial charge in [0.05, 0.1) is 5.54 Å². The van der Waals surface area contributed by atoms with Gasteiger partial charge in [-0.25, -0.2) is 0 Å². The maximum atomic E-state index is 6.77. The predicted molar refractivity (Wildman–Crippen MR) is 95.7 cm³/mol. The van der Waals surface area contributed by atoms with Crippen molar-refractivity contribution >= 4 is 0 Å². The van der Waals surface area contributed by atoms with Crippen molar-refractivity contribution in [3.63, 3.8) is 0 Å². The van der Waals surface area contributed by atoms with Gasteiger partial charge in [0, 0.05) is 5.70 Å². The van der Waals surface area contributed by atoms with E-state index in [-0.39, 0.29) is 10.8 Å². The topological polar surface area (TPSA) is 52.0 Å². The summed E-state index contributed by atoms with van der Waals surface area (Å²) in [6.07, 6.45) is 6.75. The van der Waals surface area contributed by atoms with Crippen molar-refractivity contribution < 1.29 is 0 Å². The van der Waals surface area contributed by atoms with Gasteiger partial charge < -0.3 is 11.5 Å². The van der Waals surface area contributed by atoms with Gasteiger partial charge in [0.1, 0.15) is 0 Å². The molecule has 0 aromatic heterocycles. The van der Waals surface area contributed by atoms with Gasteiger partial charge in [-0.15, -0.1) is 0 Å². The molecule has 1 aromatic carbocycles. The van der Waals surface area contributed by atoms with E-state index in [0.717, 1.165) is 12.1 Å². The van der Waals surface area contributed by atoms with Crippen LogP contribution in [0.4, 0.5) is 0 Å². The largest absolute Gasteiger partial charge is 0.399 e. The monoisotopic (exact) mass is 298 g/mol. The summed E-state index contributed by atoms with van der Waals surface area (Å²) in [5, 5.41) is 0. The normalized spacial score (nSPS) is 22.6. The minimum absolute atomic E-state index is 0.0339. The number of allylic oxidation sites excluding steroid dienone is 1. The molecule has 1 atom stereocenters. The van der Waals surface area contributed by atoms with Gasteiger partial charge in [0.15, 0.2) is 0 Å². The molecule has 0 saturated carbocycles. The molecule has 0 fully saturated rings. The second-order valence-electron chi connectivity index (χ2n) is 8.51. The summed E-state index contributed by atoms with van der Waals surface area (Å²) in [6, 6.07) is 6.55. The van der Waals surface area contributed by atoms with Crippen molar-refractivity contribution in [3.8, 4) is 0 Å². The summed E-state index contributed by atoms with van der Waals surface area (Å²) < 4.78 is 0. The van der Waals surface area contributed by atoms with Crippen molar-refractivity contribution in [3.05, 3.63) is 58.8 Å². The Kier molecular flexibility index (Phi) is 4.03. The highest BCUT2D eigenvalue weighted by atomic mass is 14.7. The van der Waals surface area contributed by atoms with Crippen LogP contribution < -0.4 is 11.5 Å². The van der Waals surface area contributed by atoms with Gasteiger partial charge in [-0.1, -0.05) is 71.9 Å². The number of hydrogen-bond acceptors (Lipinski definition) is 2.